The van der Waals surface area contributed by atoms with E-state index in [1.807, 2.05) is 6.07 Å². The van der Waals surface area contributed by atoms with E-state index in [0.29, 0.717) is 17.4 Å². The van der Waals surface area contributed by atoms with Gasteiger partial charge in [0.25, 0.3) is 0 Å². The number of para-hydroxylation sites is 1. The van der Waals surface area contributed by atoms with Gasteiger partial charge >= 0.3 is 5.97 Å². The predicted molar refractivity (Wildman–Crippen MR) is 75.0 cm³/mol. The zero-order valence-corrected chi connectivity index (χ0v) is 11.1. The number of rotatable bonds is 7. The Morgan fingerprint density at radius 3 is 2.78 bits per heavy atom. The third-order valence-corrected chi connectivity index (χ3v) is 2.98. The highest BCUT2D eigenvalue weighted by Crippen LogP contribution is 2.24. The van der Waals surface area contributed by atoms with Gasteiger partial charge in [-0.3, -0.25) is 0 Å². The fourth-order valence-electron chi connectivity index (χ4n) is 1.92. The molecule has 0 aliphatic rings. The molecule has 0 bridgehead atoms. The second-order valence-electron chi connectivity index (χ2n) is 4.61. The molecular formula is C14H22N2O2. The van der Waals surface area contributed by atoms with Crippen molar-refractivity contribution in [1.29, 1.82) is 0 Å². The van der Waals surface area contributed by atoms with E-state index in [4.69, 9.17) is 10.8 Å². The van der Waals surface area contributed by atoms with E-state index in [-0.39, 0.29) is 5.56 Å². The Hall–Kier alpha value is -1.71. The number of nitrogen functional groups attached to an aromatic ring is 1. The van der Waals surface area contributed by atoms with Gasteiger partial charge in [0.15, 0.2) is 0 Å². The van der Waals surface area contributed by atoms with E-state index in [9.17, 15) is 4.79 Å². The smallest absolute Gasteiger partial charge is 0.337 e. The molecule has 0 fully saturated rings. The number of anilines is 2. The normalized spacial score (nSPS) is 12.1. The molecule has 0 spiro atoms. The van der Waals surface area contributed by atoms with Crippen LogP contribution in [0.3, 0.4) is 0 Å². The van der Waals surface area contributed by atoms with Gasteiger partial charge in [0.1, 0.15) is 0 Å². The molecule has 1 unspecified atom stereocenters. The van der Waals surface area contributed by atoms with Crippen LogP contribution in [0, 0.1) is 0 Å². The van der Waals surface area contributed by atoms with Crippen molar-refractivity contribution in [2.45, 2.75) is 45.6 Å². The summed E-state index contributed by atoms with van der Waals surface area (Å²) in [5.74, 6) is -0.991. The largest absolute Gasteiger partial charge is 0.478 e. The number of hydrogen-bond acceptors (Lipinski definition) is 3. The van der Waals surface area contributed by atoms with Gasteiger partial charge in [0, 0.05) is 6.04 Å². The van der Waals surface area contributed by atoms with Crippen LogP contribution in [0.1, 0.15) is 49.9 Å². The molecule has 0 aliphatic heterocycles. The van der Waals surface area contributed by atoms with Crippen molar-refractivity contribution in [2.75, 3.05) is 11.1 Å². The minimum Gasteiger partial charge on any atom is -0.478 e. The number of nitrogens with two attached hydrogens (primary N) is 1. The summed E-state index contributed by atoms with van der Waals surface area (Å²) in [6.45, 7) is 4.26. The summed E-state index contributed by atoms with van der Waals surface area (Å²) in [4.78, 5) is 11.0. The highest BCUT2D eigenvalue weighted by molar-refractivity contribution is 5.97. The Bertz CT molecular complexity index is 405. The fourth-order valence-corrected chi connectivity index (χ4v) is 1.92. The summed E-state index contributed by atoms with van der Waals surface area (Å²) >= 11 is 0. The molecule has 100 valence electrons. The average molecular weight is 250 g/mol. The maximum absolute atomic E-state index is 11.0. The molecule has 1 atom stereocenters. The first-order valence-corrected chi connectivity index (χ1v) is 6.44. The van der Waals surface area contributed by atoms with Gasteiger partial charge in [-0.15, -0.1) is 0 Å². The van der Waals surface area contributed by atoms with E-state index in [1.54, 1.807) is 6.07 Å². The molecule has 4 heteroatoms. The second-order valence-corrected chi connectivity index (χ2v) is 4.61. The van der Waals surface area contributed by atoms with Gasteiger partial charge in [-0.2, -0.15) is 0 Å². The maximum Gasteiger partial charge on any atom is 0.337 e. The molecule has 0 amide bonds. The highest BCUT2D eigenvalue weighted by atomic mass is 16.4. The number of hydrogen-bond donors (Lipinski definition) is 3. The number of nitrogens with one attached hydrogen (secondary N) is 1. The second kappa shape index (κ2) is 6.89. The number of benzene rings is 1. The van der Waals surface area contributed by atoms with Crippen LogP contribution in [0.25, 0.3) is 0 Å². The Labute approximate surface area is 108 Å². The van der Waals surface area contributed by atoms with Gasteiger partial charge < -0.3 is 16.2 Å². The first-order chi connectivity index (χ1) is 8.56. The molecule has 1 aromatic carbocycles. The van der Waals surface area contributed by atoms with Crippen LogP contribution in [0.2, 0.25) is 0 Å². The molecule has 4 N–H and O–H groups in total. The SMILES string of the molecule is CCCCCC(C)Nc1cccc(C(=O)O)c1N. The topological polar surface area (TPSA) is 75.3 Å². The number of unbranched alkanes of at least 4 members (excludes halogenated alkanes) is 2. The van der Waals surface area contributed by atoms with Gasteiger partial charge in [0.05, 0.1) is 16.9 Å². The molecule has 1 aromatic rings. The van der Waals surface area contributed by atoms with Crippen molar-refractivity contribution in [1.82, 2.24) is 0 Å². The summed E-state index contributed by atoms with van der Waals surface area (Å²) in [6.07, 6.45) is 4.65. The number of aromatic carboxylic acids is 1. The third-order valence-electron chi connectivity index (χ3n) is 2.98. The molecule has 1 rings (SSSR count). The fraction of sp³-hybridized carbons (Fsp3) is 0.500. The minimum atomic E-state index is -0.991. The molecule has 0 saturated heterocycles. The first kappa shape index (κ1) is 14.4. The van der Waals surface area contributed by atoms with Gasteiger partial charge in [-0.25, -0.2) is 4.79 Å². The zero-order chi connectivity index (χ0) is 13.5. The minimum absolute atomic E-state index is 0.153. The Morgan fingerprint density at radius 1 is 1.44 bits per heavy atom. The van der Waals surface area contributed by atoms with Crippen LogP contribution >= 0.6 is 0 Å². The summed E-state index contributed by atoms with van der Waals surface area (Å²) < 4.78 is 0. The van der Waals surface area contributed by atoms with Crippen LogP contribution < -0.4 is 11.1 Å². The molecule has 0 saturated carbocycles. The van der Waals surface area contributed by atoms with Crippen molar-refractivity contribution in [3.05, 3.63) is 23.8 Å². The predicted octanol–water partition coefficient (Wildman–Crippen LogP) is 3.35. The van der Waals surface area contributed by atoms with E-state index in [1.165, 1.54) is 25.3 Å². The van der Waals surface area contributed by atoms with Gasteiger partial charge in [-0.1, -0.05) is 32.3 Å². The van der Waals surface area contributed by atoms with E-state index < -0.39 is 5.97 Å². The zero-order valence-electron chi connectivity index (χ0n) is 11.1. The molecule has 0 radical (unpaired) electrons. The molecular weight excluding hydrogens is 228 g/mol. The van der Waals surface area contributed by atoms with Crippen molar-refractivity contribution >= 4 is 17.3 Å². The standard InChI is InChI=1S/C14H22N2O2/c1-3-4-5-7-10(2)16-12-9-6-8-11(13(12)15)14(17)18/h6,8-10,16H,3-5,7,15H2,1-2H3,(H,17,18). The van der Waals surface area contributed by atoms with Crippen LogP contribution in [-0.4, -0.2) is 17.1 Å². The first-order valence-electron chi connectivity index (χ1n) is 6.44. The van der Waals surface area contributed by atoms with Crippen LogP contribution in [-0.2, 0) is 0 Å². The molecule has 0 aromatic heterocycles. The lowest BCUT2D eigenvalue weighted by Gasteiger charge is -2.17. The molecule has 18 heavy (non-hydrogen) atoms. The van der Waals surface area contributed by atoms with Crippen molar-refractivity contribution in [3.8, 4) is 0 Å². The lowest BCUT2D eigenvalue weighted by atomic mass is 10.1. The molecule has 4 nitrogen and oxygen atoms in total. The lowest BCUT2D eigenvalue weighted by Crippen LogP contribution is -2.17. The van der Waals surface area contributed by atoms with Crippen molar-refractivity contribution < 1.29 is 9.90 Å². The van der Waals surface area contributed by atoms with Crippen LogP contribution in [0.15, 0.2) is 18.2 Å². The van der Waals surface area contributed by atoms with Crippen LogP contribution in [0.5, 0.6) is 0 Å². The highest BCUT2D eigenvalue weighted by Gasteiger charge is 2.12. The Kier molecular flexibility index (Phi) is 5.49. The van der Waals surface area contributed by atoms with E-state index in [0.717, 1.165) is 6.42 Å². The monoisotopic (exact) mass is 250 g/mol. The van der Waals surface area contributed by atoms with E-state index in [2.05, 4.69) is 19.2 Å². The summed E-state index contributed by atoms with van der Waals surface area (Å²) in [7, 11) is 0. The third kappa shape index (κ3) is 3.95. The van der Waals surface area contributed by atoms with Gasteiger partial charge in [-0.05, 0) is 25.5 Å². The molecule has 0 aliphatic carbocycles. The number of carbonyl (C=O) groups is 1. The number of carboxylic acid groups (broad SMARTS) is 1. The average Bonchev–Trinajstić information content (AvgIpc) is 2.32. The maximum atomic E-state index is 11.0. The van der Waals surface area contributed by atoms with Crippen molar-refractivity contribution in [2.24, 2.45) is 0 Å². The summed E-state index contributed by atoms with van der Waals surface area (Å²) in [5, 5.41) is 12.3. The van der Waals surface area contributed by atoms with Crippen LogP contribution in [0.4, 0.5) is 11.4 Å². The number of carboxylic acids is 1. The van der Waals surface area contributed by atoms with Crippen molar-refractivity contribution in [3.63, 3.8) is 0 Å². The Balaban J connectivity index is 2.67. The Morgan fingerprint density at radius 2 is 2.17 bits per heavy atom. The molecule has 0 heterocycles. The lowest BCUT2D eigenvalue weighted by molar-refractivity contribution is 0.0698. The van der Waals surface area contributed by atoms with Gasteiger partial charge in [0.2, 0.25) is 0 Å². The van der Waals surface area contributed by atoms with E-state index >= 15 is 0 Å². The summed E-state index contributed by atoms with van der Waals surface area (Å²) in [6, 6.07) is 5.34. The summed E-state index contributed by atoms with van der Waals surface area (Å²) in [5.41, 5.74) is 7.02. The quantitative estimate of drug-likeness (QED) is 0.512.